The van der Waals surface area contributed by atoms with Crippen LogP contribution in [-0.4, -0.2) is 19.1 Å². The molecule has 1 aliphatic rings. The topological polar surface area (TPSA) is 26.6 Å². The van der Waals surface area contributed by atoms with Gasteiger partial charge >= 0.3 is 0 Å². The van der Waals surface area contributed by atoms with Crippen LogP contribution in [-0.2, 0) is 57.9 Å². The second-order valence-corrected chi connectivity index (χ2v) is 5.06. The maximum atomic E-state index is 5.94. The number of rotatable bonds is 4. The average molecular weight is 419 g/mol. The van der Waals surface area contributed by atoms with E-state index in [4.69, 9.17) is 4.74 Å². The molecule has 1 atom stereocenters. The van der Waals surface area contributed by atoms with E-state index in [1.807, 2.05) is 24.3 Å². The molecule has 0 aliphatic carbocycles. The first-order chi connectivity index (χ1) is 10.3. The second kappa shape index (κ2) is 9.86. The van der Waals surface area contributed by atoms with Gasteiger partial charge in [0.1, 0.15) is 12.4 Å². The summed E-state index contributed by atoms with van der Waals surface area (Å²) >= 11 is 0. The van der Waals surface area contributed by atoms with Gasteiger partial charge in [0.25, 0.3) is 0 Å². The Hall–Kier alpha value is -0.312. The van der Waals surface area contributed by atoms with E-state index in [0.717, 1.165) is 17.1 Å². The molecule has 2 radical (unpaired) electrons. The van der Waals surface area contributed by atoms with Gasteiger partial charge in [0.2, 0.25) is 0 Å². The van der Waals surface area contributed by atoms with Crippen LogP contribution in [0.15, 0.2) is 48.5 Å². The van der Waals surface area contributed by atoms with Crippen LogP contribution in [0.25, 0.3) is 5.32 Å². The number of ether oxygens (including phenoxy) is 1. The van der Waals surface area contributed by atoms with Gasteiger partial charge in [-0.1, -0.05) is 30.3 Å². The Labute approximate surface area is 175 Å². The Kier molecular flexibility index (Phi) is 8.88. The van der Waals surface area contributed by atoms with E-state index in [1.54, 1.807) is 0 Å². The van der Waals surface area contributed by atoms with Gasteiger partial charge in [-0.2, -0.15) is 0 Å². The van der Waals surface area contributed by atoms with Gasteiger partial charge in [0.15, 0.2) is 0 Å². The smallest absolute Gasteiger partial charge is 0.143 e. The zero-order chi connectivity index (χ0) is 14.7. The van der Waals surface area contributed by atoms with Crippen LogP contribution in [0.1, 0.15) is 5.56 Å². The molecular weight excluding hydrogens is 400 g/mol. The molecule has 0 bridgehead atoms. The van der Waals surface area contributed by atoms with Crippen molar-refractivity contribution in [3.05, 3.63) is 73.3 Å². The average Bonchev–Trinajstić information content (AvgIpc) is 2.66. The molecule has 1 aliphatic heterocycles. The van der Waals surface area contributed by atoms with Crippen molar-refractivity contribution < 1.29 is 56.0 Å². The third-order valence-corrected chi connectivity index (χ3v) is 3.60. The molecule has 5 heteroatoms. The fraction of sp³-hybridized carbons (Fsp3) is 0.222. The molecule has 3 rings (SSSR count). The summed E-state index contributed by atoms with van der Waals surface area (Å²) in [5.41, 5.74) is 3.40. The SMILES string of the molecule is [CH2-]C[N-]C([CH2-])CN1c2ccccc2COc2ccccc21.[V].[Y]. The van der Waals surface area contributed by atoms with Crippen LogP contribution in [0.3, 0.4) is 0 Å². The van der Waals surface area contributed by atoms with Gasteiger partial charge in [-0.25, -0.2) is 0 Å². The molecule has 0 spiro atoms. The molecule has 118 valence electrons. The molecule has 23 heavy (non-hydrogen) atoms. The van der Waals surface area contributed by atoms with Gasteiger partial charge in [0, 0.05) is 62.5 Å². The largest absolute Gasteiger partial charge is 0.711 e. The van der Waals surface area contributed by atoms with Gasteiger partial charge in [0.05, 0.1) is 5.69 Å². The van der Waals surface area contributed by atoms with Crippen LogP contribution >= 0.6 is 0 Å². The zero-order valence-corrected chi connectivity index (χ0v) is 17.3. The molecule has 0 saturated heterocycles. The monoisotopic (exact) mass is 419 g/mol. The zero-order valence-electron chi connectivity index (χ0n) is 13.1. The standard InChI is InChI=1S/C18H19N2O.V.Y/c1-3-19-14(2)12-20-16-9-5-4-8-15(16)13-21-18-11-7-6-10-17(18)20;;/h4-11,14H,1-3,12-13H2;;/q-3;;. The van der Waals surface area contributed by atoms with E-state index in [0.29, 0.717) is 19.7 Å². The minimum absolute atomic E-state index is 0. The van der Waals surface area contributed by atoms with Crippen LogP contribution in [0.4, 0.5) is 11.4 Å². The van der Waals surface area contributed by atoms with E-state index < -0.39 is 0 Å². The maximum absolute atomic E-state index is 5.94. The molecule has 0 aromatic heterocycles. The van der Waals surface area contributed by atoms with Crippen molar-refractivity contribution in [2.45, 2.75) is 12.6 Å². The van der Waals surface area contributed by atoms with Crippen molar-refractivity contribution in [3.63, 3.8) is 0 Å². The van der Waals surface area contributed by atoms with Crippen LogP contribution in [0.5, 0.6) is 5.75 Å². The minimum atomic E-state index is -0.0262. The van der Waals surface area contributed by atoms with Gasteiger partial charge in [-0.3, -0.25) is 12.6 Å². The molecular formula is C18H19N2OVY-3. The summed E-state index contributed by atoms with van der Waals surface area (Å²) in [5, 5.41) is 4.39. The number of anilines is 2. The minimum Gasteiger partial charge on any atom is -0.711 e. The van der Waals surface area contributed by atoms with Crippen molar-refractivity contribution >= 4 is 11.4 Å². The number of benzene rings is 2. The van der Waals surface area contributed by atoms with Crippen molar-refractivity contribution in [1.82, 2.24) is 0 Å². The number of fused-ring (bicyclic) bond motifs is 2. The van der Waals surface area contributed by atoms with E-state index in [1.165, 1.54) is 5.56 Å². The number of nitrogens with zero attached hydrogens (tertiary/aromatic N) is 2. The molecule has 3 nitrogen and oxygen atoms in total. The summed E-state index contributed by atoms with van der Waals surface area (Å²) in [6.45, 7) is 9.73. The van der Waals surface area contributed by atoms with Crippen molar-refractivity contribution in [3.8, 4) is 5.75 Å². The quantitative estimate of drug-likeness (QED) is 0.698. The van der Waals surface area contributed by atoms with E-state index >= 15 is 0 Å². The number of hydrogen-bond donors (Lipinski definition) is 0. The molecule has 0 amide bonds. The van der Waals surface area contributed by atoms with Crippen molar-refractivity contribution in [2.24, 2.45) is 0 Å². The Balaban J connectivity index is 0.00000132. The molecule has 0 N–H and O–H groups in total. The van der Waals surface area contributed by atoms with E-state index in [2.05, 4.69) is 48.3 Å². The first-order valence-electron chi connectivity index (χ1n) is 7.16. The van der Waals surface area contributed by atoms with Gasteiger partial charge in [-0.15, -0.1) is 0 Å². The Morgan fingerprint density at radius 1 is 1.09 bits per heavy atom. The Morgan fingerprint density at radius 3 is 2.48 bits per heavy atom. The third kappa shape index (κ3) is 4.84. The molecule has 1 heterocycles. The first kappa shape index (κ1) is 20.7. The van der Waals surface area contributed by atoms with Crippen LogP contribution in [0, 0.1) is 13.8 Å². The van der Waals surface area contributed by atoms with Crippen molar-refractivity contribution in [1.29, 1.82) is 0 Å². The first-order valence-corrected chi connectivity index (χ1v) is 7.16. The van der Waals surface area contributed by atoms with Crippen LogP contribution in [0.2, 0.25) is 0 Å². The molecule has 0 saturated carbocycles. The normalized spacial score (nSPS) is 13.4. The van der Waals surface area contributed by atoms with E-state index in [-0.39, 0.29) is 57.3 Å². The Morgan fingerprint density at radius 2 is 1.74 bits per heavy atom. The van der Waals surface area contributed by atoms with Crippen molar-refractivity contribution in [2.75, 3.05) is 18.0 Å². The second-order valence-electron chi connectivity index (χ2n) is 5.06. The van der Waals surface area contributed by atoms with E-state index in [9.17, 15) is 0 Å². The number of para-hydroxylation sites is 3. The fourth-order valence-corrected chi connectivity index (χ4v) is 2.63. The summed E-state index contributed by atoms with van der Waals surface area (Å²) in [6.07, 6.45) is 0. The summed E-state index contributed by atoms with van der Waals surface area (Å²) in [5.74, 6) is 0.899. The fourth-order valence-electron chi connectivity index (χ4n) is 2.63. The predicted octanol–water partition coefficient (Wildman–Crippen LogP) is 4.12. The molecule has 2 aromatic carbocycles. The Bertz CT molecular complexity index is 576. The molecule has 1 unspecified atom stereocenters. The summed E-state index contributed by atoms with van der Waals surface area (Å²) in [4.78, 5) is 2.24. The maximum Gasteiger partial charge on any atom is 0.143 e. The molecule has 2 aromatic rings. The third-order valence-electron chi connectivity index (χ3n) is 3.60. The summed E-state index contributed by atoms with van der Waals surface area (Å²) in [7, 11) is 0. The number of hydrogen-bond acceptors (Lipinski definition) is 2. The summed E-state index contributed by atoms with van der Waals surface area (Å²) < 4.78 is 5.94. The molecule has 0 fully saturated rings. The predicted molar refractivity (Wildman–Crippen MR) is 87.0 cm³/mol. The van der Waals surface area contributed by atoms with Gasteiger partial charge in [-0.05, 0) is 24.7 Å². The summed E-state index contributed by atoms with van der Waals surface area (Å²) in [6, 6.07) is 16.4. The van der Waals surface area contributed by atoms with Gasteiger partial charge < -0.3 is 28.8 Å². The van der Waals surface area contributed by atoms with Crippen LogP contribution < -0.4 is 9.64 Å².